The molecule has 0 aliphatic carbocycles. The van der Waals surface area contributed by atoms with E-state index in [4.69, 9.17) is 0 Å². The number of aromatic nitrogens is 1. The van der Waals surface area contributed by atoms with Gasteiger partial charge >= 0.3 is 0 Å². The summed E-state index contributed by atoms with van der Waals surface area (Å²) >= 11 is 3.02. The Morgan fingerprint density at radius 1 is 1.32 bits per heavy atom. The van der Waals surface area contributed by atoms with Gasteiger partial charge in [0.05, 0.1) is 11.8 Å². The van der Waals surface area contributed by atoms with Crippen molar-refractivity contribution in [1.29, 1.82) is 0 Å². The number of amides is 1. The van der Waals surface area contributed by atoms with Crippen LogP contribution >= 0.6 is 23.1 Å². The Kier molecular flexibility index (Phi) is 5.74. The number of Topliss-reactive ketones (excluding diaryl/α,β-unsaturated/α-hetero) is 1. The van der Waals surface area contributed by atoms with Crippen LogP contribution in [0, 0.1) is 6.92 Å². The largest absolute Gasteiger partial charge is 0.350 e. The van der Waals surface area contributed by atoms with Gasteiger partial charge in [-0.25, -0.2) is 4.98 Å². The van der Waals surface area contributed by atoms with Crippen molar-refractivity contribution < 1.29 is 9.59 Å². The molecule has 0 saturated heterocycles. The Morgan fingerprint density at radius 3 is 2.55 bits per heavy atom. The van der Waals surface area contributed by atoms with Crippen molar-refractivity contribution in [2.24, 2.45) is 0 Å². The summed E-state index contributed by atoms with van der Waals surface area (Å²) < 4.78 is 0.918. The van der Waals surface area contributed by atoms with Gasteiger partial charge in [0.1, 0.15) is 0 Å². The summed E-state index contributed by atoms with van der Waals surface area (Å²) in [6.45, 7) is 5.35. The average molecular weight is 334 g/mol. The zero-order valence-electron chi connectivity index (χ0n) is 12.8. The van der Waals surface area contributed by atoms with Crippen LogP contribution in [-0.2, 0) is 4.79 Å². The van der Waals surface area contributed by atoms with Gasteiger partial charge in [0, 0.05) is 23.6 Å². The van der Waals surface area contributed by atoms with E-state index in [-0.39, 0.29) is 17.7 Å². The fourth-order valence-electron chi connectivity index (χ4n) is 1.96. The molecule has 0 spiro atoms. The molecule has 1 unspecified atom stereocenters. The molecular weight excluding hydrogens is 316 g/mol. The van der Waals surface area contributed by atoms with Crippen molar-refractivity contribution in [1.82, 2.24) is 10.3 Å². The number of nitrogens with one attached hydrogen (secondary N) is 1. The summed E-state index contributed by atoms with van der Waals surface area (Å²) in [7, 11) is 0. The number of rotatable bonds is 6. The van der Waals surface area contributed by atoms with Gasteiger partial charge in [-0.2, -0.15) is 0 Å². The molecule has 1 heterocycles. The second kappa shape index (κ2) is 7.56. The van der Waals surface area contributed by atoms with Crippen molar-refractivity contribution >= 4 is 34.8 Å². The van der Waals surface area contributed by atoms with E-state index in [0.717, 1.165) is 15.6 Å². The average Bonchev–Trinajstić information content (AvgIpc) is 2.90. The fourth-order valence-corrected chi connectivity index (χ4v) is 3.70. The molecule has 0 bridgehead atoms. The smallest absolute Gasteiger partial charge is 0.217 e. The summed E-state index contributed by atoms with van der Waals surface area (Å²) in [5, 5.41) is 4.80. The van der Waals surface area contributed by atoms with E-state index in [0.29, 0.717) is 11.3 Å². The number of thioether (sulfide) groups is 1. The molecule has 1 aromatic heterocycles. The highest BCUT2D eigenvalue weighted by molar-refractivity contribution is 8.01. The number of thiazole rings is 1. The van der Waals surface area contributed by atoms with Gasteiger partial charge in [-0.1, -0.05) is 36.0 Å². The van der Waals surface area contributed by atoms with Crippen LogP contribution in [0.5, 0.6) is 0 Å². The molecule has 1 amide bonds. The number of hydrogen-bond acceptors (Lipinski definition) is 5. The van der Waals surface area contributed by atoms with Crippen LogP contribution in [-0.4, -0.2) is 22.4 Å². The van der Waals surface area contributed by atoms with Crippen LogP contribution in [0.4, 0.5) is 0 Å². The summed E-state index contributed by atoms with van der Waals surface area (Å²) in [4.78, 5) is 27.6. The molecule has 4 nitrogen and oxygen atoms in total. The second-order valence-corrected chi connectivity index (χ2v) is 7.09. The Bertz CT molecular complexity index is 665. The van der Waals surface area contributed by atoms with E-state index in [2.05, 4.69) is 10.3 Å². The van der Waals surface area contributed by atoms with E-state index < -0.39 is 0 Å². The van der Waals surface area contributed by atoms with E-state index >= 15 is 0 Å². The lowest BCUT2D eigenvalue weighted by molar-refractivity contribution is -0.119. The van der Waals surface area contributed by atoms with E-state index in [9.17, 15) is 9.59 Å². The van der Waals surface area contributed by atoms with E-state index in [1.54, 1.807) is 11.3 Å². The number of benzene rings is 1. The molecule has 0 radical (unpaired) electrons. The van der Waals surface area contributed by atoms with Gasteiger partial charge in [0.25, 0.3) is 0 Å². The standard InChI is InChI=1S/C16H18N2O2S2/c1-10-8-21-16(17-10)22-9-15(20)14-6-4-13(5-7-14)11(2)18-12(3)19/h4-8,11H,9H2,1-3H3,(H,18,19). The highest BCUT2D eigenvalue weighted by Gasteiger charge is 2.10. The molecule has 2 rings (SSSR count). The minimum Gasteiger partial charge on any atom is -0.350 e. The zero-order valence-corrected chi connectivity index (χ0v) is 14.4. The van der Waals surface area contributed by atoms with Gasteiger partial charge in [0.2, 0.25) is 5.91 Å². The summed E-state index contributed by atoms with van der Waals surface area (Å²) in [5.74, 6) is 0.396. The maximum Gasteiger partial charge on any atom is 0.217 e. The van der Waals surface area contributed by atoms with Crippen LogP contribution in [0.1, 0.15) is 41.5 Å². The lowest BCUT2D eigenvalue weighted by atomic mass is 10.0. The first-order valence-corrected chi connectivity index (χ1v) is 8.77. The van der Waals surface area contributed by atoms with Crippen molar-refractivity contribution in [3.8, 4) is 0 Å². The van der Waals surface area contributed by atoms with Gasteiger partial charge in [-0.05, 0) is 19.4 Å². The first-order valence-electron chi connectivity index (χ1n) is 6.91. The summed E-state index contributed by atoms with van der Waals surface area (Å²) in [6, 6.07) is 7.32. The summed E-state index contributed by atoms with van der Waals surface area (Å²) in [6.07, 6.45) is 0. The monoisotopic (exact) mass is 334 g/mol. The molecule has 1 atom stereocenters. The molecule has 2 aromatic rings. The number of hydrogen-bond donors (Lipinski definition) is 1. The highest BCUT2D eigenvalue weighted by atomic mass is 32.2. The van der Waals surface area contributed by atoms with Crippen molar-refractivity contribution in [3.63, 3.8) is 0 Å². The molecule has 6 heteroatoms. The highest BCUT2D eigenvalue weighted by Crippen LogP contribution is 2.23. The van der Waals surface area contributed by atoms with Gasteiger partial charge in [0.15, 0.2) is 10.1 Å². The molecule has 0 aliphatic rings. The predicted molar refractivity (Wildman–Crippen MR) is 90.6 cm³/mol. The maximum absolute atomic E-state index is 12.2. The molecule has 1 N–H and O–H groups in total. The first kappa shape index (κ1) is 16.7. The Morgan fingerprint density at radius 2 is 2.00 bits per heavy atom. The minimum absolute atomic E-state index is 0.0608. The fraction of sp³-hybridized carbons (Fsp3) is 0.312. The predicted octanol–water partition coefficient (Wildman–Crippen LogP) is 3.62. The summed E-state index contributed by atoms with van der Waals surface area (Å²) in [5.41, 5.74) is 2.64. The molecule has 0 saturated carbocycles. The molecule has 0 aliphatic heterocycles. The molecule has 22 heavy (non-hydrogen) atoms. The molecule has 116 valence electrons. The SMILES string of the molecule is CC(=O)NC(C)c1ccc(C(=O)CSc2nc(C)cs2)cc1. The lowest BCUT2D eigenvalue weighted by Gasteiger charge is -2.13. The van der Waals surface area contributed by atoms with E-state index in [1.807, 2.05) is 43.5 Å². The zero-order chi connectivity index (χ0) is 16.1. The van der Waals surface area contributed by atoms with E-state index in [1.165, 1.54) is 18.7 Å². The number of nitrogens with zero attached hydrogens (tertiary/aromatic N) is 1. The van der Waals surface area contributed by atoms with Crippen LogP contribution in [0.2, 0.25) is 0 Å². The Hall–Kier alpha value is -1.66. The quantitative estimate of drug-likeness (QED) is 0.647. The van der Waals surface area contributed by atoms with Crippen LogP contribution in [0.15, 0.2) is 34.0 Å². The van der Waals surface area contributed by atoms with Crippen molar-refractivity contribution in [2.45, 2.75) is 31.2 Å². The third-order valence-corrected chi connectivity index (χ3v) is 5.22. The van der Waals surface area contributed by atoms with Gasteiger partial charge in [-0.15, -0.1) is 11.3 Å². The minimum atomic E-state index is -0.0669. The topological polar surface area (TPSA) is 59.1 Å². The third kappa shape index (κ3) is 4.68. The molecular formula is C16H18N2O2S2. The normalized spacial score (nSPS) is 12.0. The van der Waals surface area contributed by atoms with Crippen LogP contribution in [0.3, 0.4) is 0 Å². The molecule has 0 fully saturated rings. The Labute approximate surface area is 138 Å². The lowest BCUT2D eigenvalue weighted by Crippen LogP contribution is -2.23. The van der Waals surface area contributed by atoms with Gasteiger partial charge in [-0.3, -0.25) is 9.59 Å². The second-order valence-electron chi connectivity index (χ2n) is 5.01. The molecule has 1 aromatic carbocycles. The number of ketones is 1. The number of carbonyl (C=O) groups is 2. The van der Waals surface area contributed by atoms with Crippen LogP contribution < -0.4 is 5.32 Å². The van der Waals surface area contributed by atoms with Crippen molar-refractivity contribution in [3.05, 3.63) is 46.5 Å². The number of carbonyl (C=O) groups excluding carboxylic acids is 2. The maximum atomic E-state index is 12.2. The number of aryl methyl sites for hydroxylation is 1. The first-order chi connectivity index (χ1) is 10.5. The Balaban J connectivity index is 1.94. The van der Waals surface area contributed by atoms with Crippen molar-refractivity contribution in [2.75, 3.05) is 5.75 Å². The van der Waals surface area contributed by atoms with Gasteiger partial charge < -0.3 is 5.32 Å². The third-order valence-electron chi connectivity index (χ3n) is 3.08. The van der Waals surface area contributed by atoms with Crippen LogP contribution in [0.25, 0.3) is 0 Å².